The summed E-state index contributed by atoms with van der Waals surface area (Å²) in [4.78, 5) is 4.00. The van der Waals surface area contributed by atoms with Gasteiger partial charge in [-0.1, -0.05) is 41.4 Å². The predicted octanol–water partition coefficient (Wildman–Crippen LogP) is 2.21. The predicted molar refractivity (Wildman–Crippen MR) is 87.3 cm³/mol. The van der Waals surface area contributed by atoms with Crippen molar-refractivity contribution in [1.82, 2.24) is 5.32 Å². The van der Waals surface area contributed by atoms with Crippen molar-refractivity contribution < 1.29 is 9.84 Å². The minimum atomic E-state index is -0.801. The topological polar surface area (TPSA) is 79.9 Å². The average molecular weight is 332 g/mol. The van der Waals surface area contributed by atoms with E-state index in [0.29, 0.717) is 22.3 Å². The Hall–Kier alpha value is -1.43. The van der Waals surface area contributed by atoms with E-state index in [1.54, 1.807) is 18.2 Å². The molecular formula is C14H19Cl2N3O2. The first-order chi connectivity index (χ1) is 9.90. The fraction of sp³-hybridized carbons (Fsp3) is 0.357. The summed E-state index contributed by atoms with van der Waals surface area (Å²) in [7, 11) is 0. The van der Waals surface area contributed by atoms with Gasteiger partial charge in [-0.05, 0) is 19.1 Å². The SMILES string of the molecule is C=C(C)CNC(N)=NCC(O)COc1cccc(Cl)c1Cl. The summed E-state index contributed by atoms with van der Waals surface area (Å²) in [6.07, 6.45) is -0.801. The molecule has 0 aliphatic rings. The third-order valence-electron chi connectivity index (χ3n) is 2.39. The average Bonchev–Trinajstić information content (AvgIpc) is 2.44. The number of nitrogens with one attached hydrogen (secondary N) is 1. The molecule has 0 aromatic heterocycles. The largest absolute Gasteiger partial charge is 0.489 e. The summed E-state index contributed by atoms with van der Waals surface area (Å²) in [6.45, 7) is 6.31. The van der Waals surface area contributed by atoms with Gasteiger partial charge in [0.2, 0.25) is 0 Å². The zero-order valence-electron chi connectivity index (χ0n) is 11.8. The lowest BCUT2D eigenvalue weighted by Crippen LogP contribution is -2.34. The third kappa shape index (κ3) is 6.71. The van der Waals surface area contributed by atoms with Gasteiger partial charge in [-0.25, -0.2) is 0 Å². The molecule has 0 heterocycles. The van der Waals surface area contributed by atoms with Crippen LogP contribution < -0.4 is 15.8 Å². The van der Waals surface area contributed by atoms with E-state index in [2.05, 4.69) is 16.9 Å². The van der Waals surface area contributed by atoms with Crippen molar-refractivity contribution in [1.29, 1.82) is 0 Å². The Kier molecular flexibility index (Phi) is 7.36. The molecule has 0 aliphatic carbocycles. The van der Waals surface area contributed by atoms with Crippen molar-refractivity contribution in [3.05, 3.63) is 40.4 Å². The summed E-state index contributed by atoms with van der Waals surface area (Å²) in [5, 5.41) is 13.4. The maximum Gasteiger partial charge on any atom is 0.188 e. The Balaban J connectivity index is 2.40. The van der Waals surface area contributed by atoms with Crippen molar-refractivity contribution in [2.24, 2.45) is 10.7 Å². The Bertz CT molecular complexity index is 521. The van der Waals surface area contributed by atoms with E-state index in [9.17, 15) is 5.11 Å². The van der Waals surface area contributed by atoms with E-state index >= 15 is 0 Å². The maximum absolute atomic E-state index is 9.79. The lowest BCUT2D eigenvalue weighted by atomic mass is 10.3. The number of aliphatic hydroxyl groups excluding tert-OH is 1. The zero-order chi connectivity index (χ0) is 15.8. The van der Waals surface area contributed by atoms with Crippen LogP contribution in [0.5, 0.6) is 5.75 Å². The number of nitrogens with zero attached hydrogens (tertiary/aromatic N) is 1. The number of aliphatic imine (C=N–C) groups is 1. The minimum absolute atomic E-state index is 0.0390. The summed E-state index contributed by atoms with van der Waals surface area (Å²) in [5.41, 5.74) is 6.57. The number of guanidine groups is 1. The van der Waals surface area contributed by atoms with E-state index in [1.165, 1.54) is 0 Å². The van der Waals surface area contributed by atoms with Crippen LogP contribution in [0.2, 0.25) is 10.0 Å². The molecule has 0 aliphatic heterocycles. The second-order valence-electron chi connectivity index (χ2n) is 4.55. The number of benzene rings is 1. The van der Waals surface area contributed by atoms with Crippen LogP contribution in [0.25, 0.3) is 0 Å². The maximum atomic E-state index is 9.79. The van der Waals surface area contributed by atoms with Gasteiger partial charge in [0.15, 0.2) is 5.96 Å². The second-order valence-corrected chi connectivity index (χ2v) is 5.34. The molecule has 1 atom stereocenters. The fourth-order valence-corrected chi connectivity index (χ4v) is 1.68. The molecule has 0 fully saturated rings. The first-order valence-electron chi connectivity index (χ1n) is 6.33. The number of rotatable bonds is 7. The number of nitrogens with two attached hydrogens (primary N) is 1. The van der Waals surface area contributed by atoms with Crippen molar-refractivity contribution in [3.8, 4) is 5.75 Å². The lowest BCUT2D eigenvalue weighted by molar-refractivity contribution is 0.114. The monoisotopic (exact) mass is 331 g/mol. The molecule has 21 heavy (non-hydrogen) atoms. The van der Waals surface area contributed by atoms with E-state index in [-0.39, 0.29) is 19.1 Å². The molecule has 4 N–H and O–H groups in total. The van der Waals surface area contributed by atoms with Gasteiger partial charge >= 0.3 is 0 Å². The molecule has 0 radical (unpaired) electrons. The van der Waals surface area contributed by atoms with Gasteiger partial charge in [0.05, 0.1) is 11.6 Å². The number of hydrogen-bond donors (Lipinski definition) is 3. The molecule has 5 nitrogen and oxygen atoms in total. The Morgan fingerprint density at radius 3 is 2.90 bits per heavy atom. The molecule has 0 spiro atoms. The number of halogens is 2. The first-order valence-corrected chi connectivity index (χ1v) is 7.08. The van der Waals surface area contributed by atoms with Gasteiger partial charge in [-0.15, -0.1) is 0 Å². The molecule has 0 saturated carbocycles. The van der Waals surface area contributed by atoms with Crippen LogP contribution in [0.3, 0.4) is 0 Å². The summed E-state index contributed by atoms with van der Waals surface area (Å²) in [5.74, 6) is 0.665. The van der Waals surface area contributed by atoms with Crippen molar-refractivity contribution in [2.45, 2.75) is 13.0 Å². The number of hydrogen-bond acceptors (Lipinski definition) is 3. The van der Waals surface area contributed by atoms with Crippen molar-refractivity contribution in [3.63, 3.8) is 0 Å². The van der Waals surface area contributed by atoms with Gasteiger partial charge in [-0.2, -0.15) is 0 Å². The van der Waals surface area contributed by atoms with Crippen LogP contribution in [0.15, 0.2) is 35.3 Å². The third-order valence-corrected chi connectivity index (χ3v) is 3.19. The van der Waals surface area contributed by atoms with E-state index < -0.39 is 6.10 Å². The highest BCUT2D eigenvalue weighted by Gasteiger charge is 2.09. The molecule has 1 rings (SSSR count). The highest BCUT2D eigenvalue weighted by atomic mass is 35.5. The number of ether oxygens (including phenoxy) is 1. The molecule has 0 amide bonds. The molecular weight excluding hydrogens is 313 g/mol. The van der Waals surface area contributed by atoms with Gasteiger partial charge < -0.3 is 20.9 Å². The lowest BCUT2D eigenvalue weighted by Gasteiger charge is -2.12. The highest BCUT2D eigenvalue weighted by molar-refractivity contribution is 6.42. The smallest absolute Gasteiger partial charge is 0.188 e. The molecule has 116 valence electrons. The number of aliphatic hydroxyl groups is 1. The van der Waals surface area contributed by atoms with Gasteiger partial charge in [0.25, 0.3) is 0 Å². The van der Waals surface area contributed by atoms with Crippen molar-refractivity contribution >= 4 is 29.2 Å². The van der Waals surface area contributed by atoms with Crippen LogP contribution in [0.1, 0.15) is 6.92 Å². The normalized spacial score (nSPS) is 12.9. The molecule has 1 unspecified atom stereocenters. The van der Waals surface area contributed by atoms with E-state index in [0.717, 1.165) is 5.57 Å². The van der Waals surface area contributed by atoms with E-state index in [1.807, 2.05) is 6.92 Å². The van der Waals surface area contributed by atoms with Crippen LogP contribution in [-0.4, -0.2) is 36.9 Å². The van der Waals surface area contributed by atoms with Gasteiger partial charge in [0, 0.05) is 6.54 Å². The van der Waals surface area contributed by atoms with Crippen LogP contribution in [-0.2, 0) is 0 Å². The zero-order valence-corrected chi connectivity index (χ0v) is 13.3. The Labute approximate surface area is 134 Å². The summed E-state index contributed by atoms with van der Waals surface area (Å²) < 4.78 is 5.40. The standard InChI is InChI=1S/C14H19Cl2N3O2/c1-9(2)6-18-14(17)19-7-10(20)8-21-12-5-3-4-11(15)13(12)16/h3-5,10,20H,1,6-8H2,2H3,(H3,17,18,19). The highest BCUT2D eigenvalue weighted by Crippen LogP contribution is 2.31. The Morgan fingerprint density at radius 2 is 2.24 bits per heavy atom. The molecule has 0 bridgehead atoms. The van der Waals surface area contributed by atoms with Crippen molar-refractivity contribution in [2.75, 3.05) is 19.7 Å². The molecule has 1 aromatic carbocycles. The van der Waals surface area contributed by atoms with E-state index in [4.69, 9.17) is 33.7 Å². The quantitative estimate of drug-likeness (QED) is 0.406. The molecule has 7 heteroatoms. The van der Waals surface area contributed by atoms with Crippen LogP contribution in [0.4, 0.5) is 0 Å². The first kappa shape index (κ1) is 17.6. The van der Waals surface area contributed by atoms with Gasteiger partial charge in [0.1, 0.15) is 23.5 Å². The summed E-state index contributed by atoms with van der Waals surface area (Å²) in [6, 6.07) is 5.05. The second kappa shape index (κ2) is 8.77. The van der Waals surface area contributed by atoms with Crippen LogP contribution in [0, 0.1) is 0 Å². The Morgan fingerprint density at radius 1 is 1.52 bits per heavy atom. The molecule has 0 saturated heterocycles. The fourth-order valence-electron chi connectivity index (χ4n) is 1.34. The summed E-state index contributed by atoms with van der Waals surface area (Å²) >= 11 is 11.8. The van der Waals surface area contributed by atoms with Gasteiger partial charge in [-0.3, -0.25) is 4.99 Å². The molecule has 1 aromatic rings. The minimum Gasteiger partial charge on any atom is -0.489 e. The van der Waals surface area contributed by atoms with Crippen LogP contribution >= 0.6 is 23.2 Å².